The number of nitrogens with zero attached hydrogens (tertiary/aromatic N) is 4. The van der Waals surface area contributed by atoms with Crippen LogP contribution in [0.25, 0.3) is 0 Å². The zero-order chi connectivity index (χ0) is 28.5. The Balaban J connectivity index is 1.62. The topological polar surface area (TPSA) is 140 Å². The molecule has 3 atom stereocenters. The van der Waals surface area contributed by atoms with Crippen LogP contribution in [0.1, 0.15) is 56.3 Å². The fourth-order valence-corrected chi connectivity index (χ4v) is 5.72. The summed E-state index contributed by atoms with van der Waals surface area (Å²) in [6.07, 6.45) is 7.98. The van der Waals surface area contributed by atoms with Crippen molar-refractivity contribution in [3.8, 4) is 17.2 Å². The normalized spacial score (nSPS) is 20.0. The Morgan fingerprint density at radius 1 is 1.18 bits per heavy atom. The van der Waals surface area contributed by atoms with Gasteiger partial charge < -0.3 is 30.0 Å². The summed E-state index contributed by atoms with van der Waals surface area (Å²) < 4.78 is 16.7. The number of carboxylic acids is 1. The Bertz CT molecular complexity index is 1130. The summed E-state index contributed by atoms with van der Waals surface area (Å²) in [5.74, 6) is 0.194. The number of aromatic nitrogens is 2. The predicted molar refractivity (Wildman–Crippen MR) is 148 cm³/mol. The summed E-state index contributed by atoms with van der Waals surface area (Å²) in [6, 6.07) is 5.04. The number of carbonyl (C=O) groups excluding carboxylic acids is 1. The lowest BCUT2D eigenvalue weighted by atomic mass is 9.83. The lowest BCUT2D eigenvalue weighted by molar-refractivity contribution is -0.143. The van der Waals surface area contributed by atoms with Crippen LogP contribution in [0.5, 0.6) is 17.2 Å². The quantitative estimate of drug-likeness (QED) is 0.315. The van der Waals surface area contributed by atoms with Crippen molar-refractivity contribution in [1.82, 2.24) is 19.8 Å². The molecule has 2 aliphatic heterocycles. The van der Waals surface area contributed by atoms with Crippen LogP contribution in [0.3, 0.4) is 0 Å². The predicted octanol–water partition coefficient (Wildman–Crippen LogP) is 2.68. The van der Waals surface area contributed by atoms with Gasteiger partial charge >= 0.3 is 5.97 Å². The number of nitrogens with two attached hydrogens (primary N) is 1. The zero-order valence-corrected chi connectivity index (χ0v) is 23.5. The molecule has 4 rings (SSSR count). The highest BCUT2D eigenvalue weighted by atomic mass is 16.7. The fourth-order valence-electron chi connectivity index (χ4n) is 5.72. The molecule has 0 unspecified atom stereocenters. The summed E-state index contributed by atoms with van der Waals surface area (Å²) in [7, 11) is 1.55. The van der Waals surface area contributed by atoms with Crippen LogP contribution in [-0.4, -0.2) is 89.4 Å². The minimum atomic E-state index is -0.902. The maximum Gasteiger partial charge on any atom is 0.308 e. The summed E-state index contributed by atoms with van der Waals surface area (Å²) >= 11 is 0. The van der Waals surface area contributed by atoms with Gasteiger partial charge in [0.15, 0.2) is 11.5 Å². The van der Waals surface area contributed by atoms with Crippen molar-refractivity contribution >= 4 is 11.9 Å². The van der Waals surface area contributed by atoms with Crippen LogP contribution in [-0.2, 0) is 16.0 Å². The van der Waals surface area contributed by atoms with Gasteiger partial charge in [0.25, 0.3) is 0 Å². The number of likely N-dealkylation sites (tertiary alicyclic amines) is 1. The molecule has 0 saturated carbocycles. The average molecular weight is 556 g/mol. The van der Waals surface area contributed by atoms with E-state index in [1.807, 2.05) is 21.9 Å². The third kappa shape index (κ3) is 7.00. The third-order valence-corrected chi connectivity index (χ3v) is 7.78. The second-order valence-corrected chi connectivity index (χ2v) is 10.4. The number of hydrogen-bond acceptors (Lipinski definition) is 9. The number of benzene rings is 1. The van der Waals surface area contributed by atoms with E-state index in [4.69, 9.17) is 19.9 Å². The van der Waals surface area contributed by atoms with Gasteiger partial charge in [-0.2, -0.15) is 0 Å². The largest absolute Gasteiger partial charge is 0.493 e. The van der Waals surface area contributed by atoms with Crippen molar-refractivity contribution in [2.75, 3.05) is 46.6 Å². The molecule has 3 heterocycles. The van der Waals surface area contributed by atoms with Crippen LogP contribution in [0, 0.1) is 5.92 Å². The molecule has 1 aromatic heterocycles. The van der Waals surface area contributed by atoms with E-state index in [-0.39, 0.29) is 31.2 Å². The molecule has 1 saturated heterocycles. The molecule has 0 spiro atoms. The molecule has 0 bridgehead atoms. The zero-order valence-electron chi connectivity index (χ0n) is 23.5. The number of hydrogen-bond donors (Lipinski definition) is 2. The van der Waals surface area contributed by atoms with Crippen molar-refractivity contribution in [3.63, 3.8) is 0 Å². The number of amides is 1. The van der Waals surface area contributed by atoms with Gasteiger partial charge in [0.1, 0.15) is 5.82 Å². The van der Waals surface area contributed by atoms with Gasteiger partial charge in [0, 0.05) is 50.4 Å². The molecule has 218 valence electrons. The van der Waals surface area contributed by atoms with Gasteiger partial charge in [-0.05, 0) is 56.0 Å². The maximum atomic E-state index is 13.6. The monoisotopic (exact) mass is 555 g/mol. The molecule has 0 radical (unpaired) electrons. The van der Waals surface area contributed by atoms with Crippen LogP contribution >= 0.6 is 0 Å². The number of fused-ring (bicyclic) bond motifs is 1. The molecule has 11 nitrogen and oxygen atoms in total. The number of methoxy groups -OCH3 is 1. The van der Waals surface area contributed by atoms with E-state index in [1.54, 1.807) is 25.6 Å². The summed E-state index contributed by atoms with van der Waals surface area (Å²) in [6.45, 7) is 4.67. The van der Waals surface area contributed by atoms with Crippen molar-refractivity contribution in [2.45, 2.75) is 57.4 Å². The second-order valence-electron chi connectivity index (χ2n) is 10.4. The minimum absolute atomic E-state index is 0.0134. The van der Waals surface area contributed by atoms with Crippen LogP contribution in [0.2, 0.25) is 0 Å². The first-order chi connectivity index (χ1) is 19.5. The first kappa shape index (κ1) is 29.5. The first-order valence-corrected chi connectivity index (χ1v) is 14.1. The fraction of sp³-hybridized carbons (Fsp3) is 0.586. The Hall–Kier alpha value is -3.44. The van der Waals surface area contributed by atoms with Gasteiger partial charge in [-0.25, -0.2) is 9.97 Å². The minimum Gasteiger partial charge on any atom is -0.493 e. The van der Waals surface area contributed by atoms with Crippen molar-refractivity contribution in [1.29, 1.82) is 0 Å². The molecular formula is C29H41N5O6. The Kier molecular flexibility index (Phi) is 10.5. The highest BCUT2D eigenvalue weighted by Crippen LogP contribution is 2.47. The summed E-state index contributed by atoms with van der Waals surface area (Å²) in [4.78, 5) is 39.0. The number of ether oxygens (including phenoxy) is 3. The number of aliphatic carboxylic acids is 1. The molecule has 3 N–H and O–H groups in total. The standard InChI is InChI=1S/C29H41N5O6/c1-3-4-13-33(14-6-5-10-30)26(35)18-34-17-21(20-15-23(38-2)28-24(16-20)39-19-40-28)27(29(36)37)22(34)8-9-25-31-11-7-12-32-25/h7,11-12,15-16,21-22,27H,3-6,8-10,13-14,17-19,30H2,1-2H3,(H,36,37)/t21-,22+,27-/m1/s1. The van der Waals surface area contributed by atoms with E-state index in [1.165, 1.54) is 0 Å². The van der Waals surface area contributed by atoms with Crippen molar-refractivity contribution in [3.05, 3.63) is 42.0 Å². The van der Waals surface area contributed by atoms with Gasteiger partial charge in [0.2, 0.25) is 18.4 Å². The van der Waals surface area contributed by atoms with Crippen LogP contribution < -0.4 is 19.9 Å². The molecule has 0 aliphatic carbocycles. The number of rotatable bonds is 15. The average Bonchev–Trinajstić information content (AvgIpc) is 3.58. The number of unbranched alkanes of at least 4 members (excludes halogenated alkanes) is 2. The lowest BCUT2D eigenvalue weighted by Gasteiger charge is -2.29. The van der Waals surface area contributed by atoms with E-state index in [0.29, 0.717) is 62.1 Å². The van der Waals surface area contributed by atoms with Crippen molar-refractivity contribution < 1.29 is 28.9 Å². The van der Waals surface area contributed by atoms with E-state index in [0.717, 1.165) is 31.2 Å². The maximum absolute atomic E-state index is 13.6. The molecule has 1 amide bonds. The highest BCUT2D eigenvalue weighted by Gasteiger charge is 2.47. The summed E-state index contributed by atoms with van der Waals surface area (Å²) in [5.41, 5.74) is 6.48. The van der Waals surface area contributed by atoms with Crippen LogP contribution in [0.15, 0.2) is 30.6 Å². The van der Waals surface area contributed by atoms with E-state index in [2.05, 4.69) is 16.9 Å². The van der Waals surface area contributed by atoms with Gasteiger partial charge in [-0.15, -0.1) is 0 Å². The molecule has 2 aliphatic rings. The Morgan fingerprint density at radius 2 is 1.95 bits per heavy atom. The van der Waals surface area contributed by atoms with Gasteiger partial charge in [-0.1, -0.05) is 13.3 Å². The Labute approximate surface area is 235 Å². The second kappa shape index (κ2) is 14.3. The van der Waals surface area contributed by atoms with E-state index in [9.17, 15) is 14.7 Å². The van der Waals surface area contributed by atoms with Gasteiger partial charge in [0.05, 0.1) is 19.6 Å². The number of carboxylic acid groups (broad SMARTS) is 1. The molecule has 2 aromatic rings. The molecule has 11 heteroatoms. The van der Waals surface area contributed by atoms with Crippen LogP contribution in [0.4, 0.5) is 0 Å². The molecule has 1 fully saturated rings. The van der Waals surface area contributed by atoms with Crippen molar-refractivity contribution in [2.24, 2.45) is 11.7 Å². The van der Waals surface area contributed by atoms with E-state index >= 15 is 0 Å². The number of aryl methyl sites for hydroxylation is 1. The molecule has 1 aromatic carbocycles. The lowest BCUT2D eigenvalue weighted by Crippen LogP contribution is -2.45. The third-order valence-electron chi connectivity index (χ3n) is 7.78. The first-order valence-electron chi connectivity index (χ1n) is 14.1. The SMILES string of the molecule is CCCCN(CCCCN)C(=O)CN1C[C@H](c2cc(OC)c3c(c2)OCO3)[C@@H](C(=O)O)[C@@H]1CCc1ncccn1. The smallest absolute Gasteiger partial charge is 0.308 e. The van der Waals surface area contributed by atoms with E-state index < -0.39 is 11.9 Å². The summed E-state index contributed by atoms with van der Waals surface area (Å²) in [5, 5.41) is 10.5. The molecule has 40 heavy (non-hydrogen) atoms. The Morgan fingerprint density at radius 3 is 2.65 bits per heavy atom. The highest BCUT2D eigenvalue weighted by molar-refractivity contribution is 5.79. The number of carbonyl (C=O) groups is 2. The molecular weight excluding hydrogens is 514 g/mol. The van der Waals surface area contributed by atoms with Gasteiger partial charge in [-0.3, -0.25) is 14.5 Å².